The number of carbonyl (C=O) groups is 1. The first-order valence-electron chi connectivity index (χ1n) is 9.03. The minimum Gasteiger partial charge on any atom is -0.334 e. The predicted octanol–water partition coefficient (Wildman–Crippen LogP) is 3.58. The molecule has 4 rings (SSSR count). The molecule has 0 unspecified atom stereocenters. The van der Waals surface area contributed by atoms with Crippen LogP contribution in [0.2, 0.25) is 0 Å². The van der Waals surface area contributed by atoms with Crippen LogP contribution in [0.15, 0.2) is 42.5 Å². The van der Waals surface area contributed by atoms with Crippen LogP contribution in [0.4, 0.5) is 4.39 Å². The lowest BCUT2D eigenvalue weighted by atomic mass is 10.0. The fraction of sp³-hybridized carbons (Fsp3) is 0.238. The lowest BCUT2D eigenvalue weighted by molar-refractivity contribution is -0.130. The molecule has 0 radical (unpaired) electrons. The van der Waals surface area contributed by atoms with Crippen molar-refractivity contribution < 1.29 is 9.18 Å². The Kier molecular flexibility index (Phi) is 4.50. The van der Waals surface area contributed by atoms with Gasteiger partial charge in [0.05, 0.1) is 5.52 Å². The summed E-state index contributed by atoms with van der Waals surface area (Å²) >= 11 is 0. The topological polar surface area (TPSA) is 63.4 Å². The van der Waals surface area contributed by atoms with Crippen LogP contribution in [-0.2, 0) is 17.9 Å². The van der Waals surface area contributed by atoms with Crippen molar-refractivity contribution in [2.75, 3.05) is 0 Å². The van der Waals surface area contributed by atoms with Gasteiger partial charge in [-0.1, -0.05) is 12.1 Å². The van der Waals surface area contributed by atoms with E-state index in [4.69, 9.17) is 0 Å². The molecule has 0 spiro atoms. The van der Waals surface area contributed by atoms with Gasteiger partial charge in [-0.05, 0) is 71.3 Å². The van der Waals surface area contributed by atoms with Gasteiger partial charge in [-0.15, -0.1) is 5.10 Å². The summed E-state index contributed by atoms with van der Waals surface area (Å²) in [5.74, 6) is -0.371. The molecule has 4 aromatic rings. The number of halogens is 1. The molecule has 2 aromatic heterocycles. The van der Waals surface area contributed by atoms with E-state index in [9.17, 15) is 9.18 Å². The van der Waals surface area contributed by atoms with Gasteiger partial charge in [-0.3, -0.25) is 4.79 Å². The van der Waals surface area contributed by atoms with Gasteiger partial charge < -0.3 is 4.90 Å². The van der Waals surface area contributed by atoms with E-state index in [-0.39, 0.29) is 11.7 Å². The number of aryl methyl sites for hydroxylation is 2. The molecule has 142 valence electrons. The van der Waals surface area contributed by atoms with Gasteiger partial charge in [0.2, 0.25) is 5.91 Å². The predicted molar refractivity (Wildman–Crippen MR) is 104 cm³/mol. The monoisotopic (exact) mass is 377 g/mol. The summed E-state index contributed by atoms with van der Waals surface area (Å²) in [6, 6.07) is 12.4. The maximum atomic E-state index is 13.2. The first-order chi connectivity index (χ1) is 13.4. The lowest BCUT2D eigenvalue weighted by Crippen LogP contribution is -2.28. The number of rotatable bonds is 4. The molecular formula is C21H20FN5O. The molecule has 2 heterocycles. The third-order valence-corrected chi connectivity index (χ3v) is 5.05. The molecule has 0 saturated carbocycles. The summed E-state index contributed by atoms with van der Waals surface area (Å²) in [5.41, 5.74) is 5.62. The number of hydrogen-bond donors (Lipinski definition) is 0. The number of benzene rings is 2. The van der Waals surface area contributed by atoms with Crippen LogP contribution in [0.3, 0.4) is 0 Å². The van der Waals surface area contributed by atoms with E-state index in [1.165, 1.54) is 30.2 Å². The smallest absolute Gasteiger partial charge is 0.220 e. The van der Waals surface area contributed by atoms with Gasteiger partial charge in [-0.2, -0.15) is 4.52 Å². The second-order valence-corrected chi connectivity index (χ2v) is 7.08. The molecule has 2 aromatic carbocycles. The van der Waals surface area contributed by atoms with Gasteiger partial charge in [-0.25, -0.2) is 4.39 Å². The number of amides is 1. The Bertz CT molecular complexity index is 1180. The highest BCUT2D eigenvalue weighted by molar-refractivity contribution is 5.84. The molecular weight excluding hydrogens is 357 g/mol. The number of pyridine rings is 1. The van der Waals surface area contributed by atoms with Crippen LogP contribution >= 0.6 is 0 Å². The van der Waals surface area contributed by atoms with E-state index in [0.29, 0.717) is 18.7 Å². The summed E-state index contributed by atoms with van der Waals surface area (Å²) in [7, 11) is 0. The Morgan fingerprint density at radius 3 is 2.50 bits per heavy atom. The molecule has 0 atom stereocenters. The lowest BCUT2D eigenvalue weighted by Gasteiger charge is -2.22. The zero-order valence-corrected chi connectivity index (χ0v) is 16.0. The molecule has 0 aliphatic rings. The third kappa shape index (κ3) is 3.31. The number of carbonyl (C=O) groups excluding carboxylic acids is 1. The van der Waals surface area contributed by atoms with Gasteiger partial charge in [0.1, 0.15) is 5.82 Å². The second kappa shape index (κ2) is 6.99. The standard InChI is InChI=1S/C21H20FN5O/c1-13-8-17-10-18(21-23-24-25-27(21)20(17)9-14(13)2)12-26(15(3)28)11-16-4-6-19(22)7-5-16/h4-10H,11-12H2,1-3H3. The Morgan fingerprint density at radius 1 is 1.07 bits per heavy atom. The summed E-state index contributed by atoms with van der Waals surface area (Å²) in [6.07, 6.45) is 0. The maximum absolute atomic E-state index is 13.2. The van der Waals surface area contributed by atoms with Crippen molar-refractivity contribution in [1.29, 1.82) is 0 Å². The quantitative estimate of drug-likeness (QED) is 0.545. The van der Waals surface area contributed by atoms with Crippen LogP contribution in [0.5, 0.6) is 0 Å². The van der Waals surface area contributed by atoms with Gasteiger partial charge in [0.15, 0.2) is 5.65 Å². The Labute approximate surface area is 161 Å². The molecule has 0 aliphatic heterocycles. The third-order valence-electron chi connectivity index (χ3n) is 5.05. The van der Waals surface area contributed by atoms with Crippen LogP contribution in [0, 0.1) is 19.7 Å². The molecule has 0 saturated heterocycles. The van der Waals surface area contributed by atoms with Crippen LogP contribution < -0.4 is 0 Å². The Hall–Kier alpha value is -3.35. The minimum absolute atomic E-state index is 0.0740. The van der Waals surface area contributed by atoms with E-state index in [1.807, 2.05) is 6.07 Å². The molecule has 0 N–H and O–H groups in total. The van der Waals surface area contributed by atoms with E-state index in [1.54, 1.807) is 21.5 Å². The molecule has 1 amide bonds. The Balaban J connectivity index is 1.75. The van der Waals surface area contributed by atoms with Crippen LogP contribution in [0.1, 0.15) is 29.2 Å². The Morgan fingerprint density at radius 2 is 1.79 bits per heavy atom. The highest BCUT2D eigenvalue weighted by Crippen LogP contribution is 2.24. The van der Waals surface area contributed by atoms with Gasteiger partial charge in [0, 0.05) is 31.0 Å². The van der Waals surface area contributed by atoms with E-state index in [0.717, 1.165) is 22.0 Å². The molecule has 7 heteroatoms. The van der Waals surface area contributed by atoms with E-state index in [2.05, 4.69) is 41.5 Å². The first kappa shape index (κ1) is 18.0. The van der Waals surface area contributed by atoms with Crippen LogP contribution in [0.25, 0.3) is 16.6 Å². The summed E-state index contributed by atoms with van der Waals surface area (Å²) in [5, 5.41) is 13.1. The summed E-state index contributed by atoms with van der Waals surface area (Å²) < 4.78 is 14.9. The second-order valence-electron chi connectivity index (χ2n) is 7.08. The van der Waals surface area contributed by atoms with Gasteiger partial charge in [0.25, 0.3) is 0 Å². The number of nitrogens with zero attached hydrogens (tertiary/aromatic N) is 5. The normalized spacial score (nSPS) is 11.3. The SMILES string of the molecule is CC(=O)N(Cc1ccc(F)cc1)Cc1cc2cc(C)c(C)cc2n2nnnc12. The van der Waals surface area contributed by atoms with Crippen molar-refractivity contribution in [3.8, 4) is 0 Å². The zero-order valence-electron chi connectivity index (χ0n) is 16.0. The highest BCUT2D eigenvalue weighted by Gasteiger charge is 2.16. The zero-order chi connectivity index (χ0) is 19.8. The van der Waals surface area contributed by atoms with Crippen molar-refractivity contribution in [2.24, 2.45) is 0 Å². The van der Waals surface area contributed by atoms with Crippen molar-refractivity contribution in [3.05, 3.63) is 70.5 Å². The molecule has 0 fully saturated rings. The van der Waals surface area contributed by atoms with Gasteiger partial charge >= 0.3 is 0 Å². The average molecular weight is 377 g/mol. The van der Waals surface area contributed by atoms with Crippen molar-refractivity contribution in [1.82, 2.24) is 24.9 Å². The largest absolute Gasteiger partial charge is 0.334 e. The number of tetrazole rings is 1. The highest BCUT2D eigenvalue weighted by atomic mass is 19.1. The number of fused-ring (bicyclic) bond motifs is 3. The molecule has 0 bridgehead atoms. The average Bonchev–Trinajstić information content (AvgIpc) is 3.15. The fourth-order valence-corrected chi connectivity index (χ4v) is 3.33. The van der Waals surface area contributed by atoms with Crippen molar-refractivity contribution >= 4 is 22.5 Å². The summed E-state index contributed by atoms with van der Waals surface area (Å²) in [6.45, 7) is 6.39. The molecule has 0 aliphatic carbocycles. The van der Waals surface area contributed by atoms with Crippen molar-refractivity contribution in [2.45, 2.75) is 33.9 Å². The molecule has 28 heavy (non-hydrogen) atoms. The number of hydrogen-bond acceptors (Lipinski definition) is 4. The van der Waals surface area contributed by atoms with Crippen LogP contribution in [-0.4, -0.2) is 30.8 Å². The first-order valence-corrected chi connectivity index (χ1v) is 9.03. The minimum atomic E-state index is -0.297. The summed E-state index contributed by atoms with van der Waals surface area (Å²) in [4.78, 5) is 13.9. The number of aromatic nitrogens is 4. The molecule has 6 nitrogen and oxygen atoms in total. The van der Waals surface area contributed by atoms with Crippen molar-refractivity contribution in [3.63, 3.8) is 0 Å². The fourth-order valence-electron chi connectivity index (χ4n) is 3.33. The van der Waals surface area contributed by atoms with E-state index < -0.39 is 0 Å². The van der Waals surface area contributed by atoms with E-state index >= 15 is 0 Å². The maximum Gasteiger partial charge on any atom is 0.220 e.